The molecule has 20 heavy (non-hydrogen) atoms. The van der Waals surface area contributed by atoms with E-state index in [1.807, 2.05) is 12.1 Å². The highest BCUT2D eigenvalue weighted by Crippen LogP contribution is 2.31. The van der Waals surface area contributed by atoms with Crippen molar-refractivity contribution in [2.24, 2.45) is 11.8 Å². The lowest BCUT2D eigenvalue weighted by Crippen LogP contribution is -2.36. The van der Waals surface area contributed by atoms with Crippen molar-refractivity contribution in [1.82, 2.24) is 10.2 Å². The first-order valence-corrected chi connectivity index (χ1v) is 7.97. The maximum absolute atomic E-state index is 13.0. The van der Waals surface area contributed by atoms with Crippen molar-refractivity contribution in [3.05, 3.63) is 35.6 Å². The molecule has 0 atom stereocenters. The molecule has 2 fully saturated rings. The van der Waals surface area contributed by atoms with Crippen molar-refractivity contribution >= 4 is 0 Å². The first-order chi connectivity index (χ1) is 9.79. The standard InChI is InChI=1S/C17H25FN2/c18-17-5-3-15(4-6-17)12-20(11-14-1-2-14)13-16-7-9-19-10-8-16/h3-6,14,16,19H,1-2,7-13H2. The maximum Gasteiger partial charge on any atom is 0.123 e. The molecule has 2 aliphatic rings. The smallest absolute Gasteiger partial charge is 0.123 e. The van der Waals surface area contributed by atoms with Gasteiger partial charge in [-0.3, -0.25) is 4.90 Å². The molecule has 2 nitrogen and oxygen atoms in total. The van der Waals surface area contributed by atoms with E-state index in [4.69, 9.17) is 0 Å². The summed E-state index contributed by atoms with van der Waals surface area (Å²) in [6.07, 6.45) is 5.38. The third-order valence-electron chi connectivity index (χ3n) is 4.51. The van der Waals surface area contributed by atoms with Crippen molar-refractivity contribution in [3.63, 3.8) is 0 Å². The third kappa shape index (κ3) is 4.29. The molecule has 1 N–H and O–H groups in total. The fourth-order valence-electron chi connectivity index (χ4n) is 3.15. The molecule has 110 valence electrons. The minimum absolute atomic E-state index is 0.138. The van der Waals surface area contributed by atoms with Gasteiger partial charge in [0.2, 0.25) is 0 Å². The lowest BCUT2D eigenvalue weighted by molar-refractivity contribution is 0.192. The van der Waals surface area contributed by atoms with E-state index in [-0.39, 0.29) is 5.82 Å². The highest BCUT2D eigenvalue weighted by Gasteiger charge is 2.26. The van der Waals surface area contributed by atoms with Crippen LogP contribution in [0.2, 0.25) is 0 Å². The number of piperidine rings is 1. The fraction of sp³-hybridized carbons (Fsp3) is 0.647. The van der Waals surface area contributed by atoms with Gasteiger partial charge in [-0.2, -0.15) is 0 Å². The molecule has 3 rings (SSSR count). The molecule has 1 saturated heterocycles. The molecule has 1 aliphatic carbocycles. The summed E-state index contributed by atoms with van der Waals surface area (Å²) in [7, 11) is 0. The SMILES string of the molecule is Fc1ccc(CN(CC2CCNCC2)CC2CC2)cc1. The van der Waals surface area contributed by atoms with Crippen LogP contribution < -0.4 is 5.32 Å². The zero-order valence-electron chi connectivity index (χ0n) is 12.2. The Hall–Kier alpha value is -0.930. The zero-order valence-corrected chi connectivity index (χ0v) is 12.2. The highest BCUT2D eigenvalue weighted by atomic mass is 19.1. The van der Waals surface area contributed by atoms with Gasteiger partial charge in [-0.25, -0.2) is 4.39 Å². The molecule has 0 spiro atoms. The van der Waals surface area contributed by atoms with Crippen LogP contribution in [-0.4, -0.2) is 31.1 Å². The van der Waals surface area contributed by atoms with E-state index >= 15 is 0 Å². The Bertz CT molecular complexity index is 408. The molecule has 1 aromatic rings. The number of hydrogen-bond donors (Lipinski definition) is 1. The van der Waals surface area contributed by atoms with E-state index in [9.17, 15) is 4.39 Å². The van der Waals surface area contributed by atoms with Crippen LogP contribution >= 0.6 is 0 Å². The molecular weight excluding hydrogens is 251 g/mol. The molecule has 1 heterocycles. The van der Waals surface area contributed by atoms with Gasteiger partial charge in [0, 0.05) is 19.6 Å². The van der Waals surface area contributed by atoms with Gasteiger partial charge in [-0.1, -0.05) is 12.1 Å². The van der Waals surface area contributed by atoms with E-state index in [0.717, 1.165) is 18.4 Å². The van der Waals surface area contributed by atoms with E-state index in [1.54, 1.807) is 12.1 Å². The van der Waals surface area contributed by atoms with Gasteiger partial charge in [0.1, 0.15) is 5.82 Å². The predicted octanol–water partition coefficient (Wildman–Crippen LogP) is 3.04. The second kappa shape index (κ2) is 6.68. The quantitative estimate of drug-likeness (QED) is 0.859. The van der Waals surface area contributed by atoms with E-state index in [2.05, 4.69) is 10.2 Å². The van der Waals surface area contributed by atoms with Crippen LogP contribution in [0.1, 0.15) is 31.2 Å². The average Bonchev–Trinajstić information content (AvgIpc) is 3.26. The Kier molecular flexibility index (Phi) is 4.69. The topological polar surface area (TPSA) is 15.3 Å². The number of nitrogens with one attached hydrogen (secondary N) is 1. The van der Waals surface area contributed by atoms with Gasteiger partial charge in [0.05, 0.1) is 0 Å². The van der Waals surface area contributed by atoms with E-state index < -0.39 is 0 Å². The van der Waals surface area contributed by atoms with Gasteiger partial charge in [0.25, 0.3) is 0 Å². The molecular formula is C17H25FN2. The zero-order chi connectivity index (χ0) is 13.8. The summed E-state index contributed by atoms with van der Waals surface area (Å²) in [5.74, 6) is 1.61. The molecule has 1 aliphatic heterocycles. The lowest BCUT2D eigenvalue weighted by Gasteiger charge is -2.30. The van der Waals surface area contributed by atoms with Crippen molar-refractivity contribution < 1.29 is 4.39 Å². The Morgan fingerprint density at radius 2 is 1.55 bits per heavy atom. The Morgan fingerprint density at radius 1 is 0.950 bits per heavy atom. The van der Waals surface area contributed by atoms with Crippen LogP contribution in [0.4, 0.5) is 4.39 Å². The maximum atomic E-state index is 13.0. The molecule has 0 unspecified atom stereocenters. The van der Waals surface area contributed by atoms with Crippen LogP contribution in [0.3, 0.4) is 0 Å². The second-order valence-electron chi connectivity index (χ2n) is 6.46. The summed E-state index contributed by atoms with van der Waals surface area (Å²) in [5.41, 5.74) is 1.24. The highest BCUT2D eigenvalue weighted by molar-refractivity contribution is 5.16. The minimum Gasteiger partial charge on any atom is -0.317 e. The van der Waals surface area contributed by atoms with Crippen LogP contribution in [0.5, 0.6) is 0 Å². The predicted molar refractivity (Wildman–Crippen MR) is 80.0 cm³/mol. The summed E-state index contributed by atoms with van der Waals surface area (Å²) in [5, 5.41) is 3.44. The second-order valence-corrected chi connectivity index (χ2v) is 6.46. The number of hydrogen-bond acceptors (Lipinski definition) is 2. The molecule has 1 aromatic carbocycles. The summed E-state index contributed by atoms with van der Waals surface area (Å²) >= 11 is 0. The van der Waals surface area contributed by atoms with Crippen LogP contribution in [0.15, 0.2) is 24.3 Å². The number of halogens is 1. The lowest BCUT2D eigenvalue weighted by atomic mass is 9.97. The molecule has 0 bridgehead atoms. The van der Waals surface area contributed by atoms with Crippen molar-refractivity contribution in [1.29, 1.82) is 0 Å². The summed E-state index contributed by atoms with van der Waals surface area (Å²) in [6, 6.07) is 7.01. The van der Waals surface area contributed by atoms with Gasteiger partial charge in [-0.15, -0.1) is 0 Å². The Morgan fingerprint density at radius 3 is 2.15 bits per heavy atom. The molecule has 0 aromatic heterocycles. The first-order valence-electron chi connectivity index (χ1n) is 7.97. The van der Waals surface area contributed by atoms with E-state index in [1.165, 1.54) is 57.4 Å². The Balaban J connectivity index is 1.57. The average molecular weight is 276 g/mol. The normalized spacial score (nSPS) is 20.5. The van der Waals surface area contributed by atoms with Crippen molar-refractivity contribution in [2.75, 3.05) is 26.2 Å². The minimum atomic E-state index is -0.138. The fourth-order valence-corrected chi connectivity index (χ4v) is 3.15. The van der Waals surface area contributed by atoms with E-state index in [0.29, 0.717) is 0 Å². The third-order valence-corrected chi connectivity index (χ3v) is 4.51. The summed E-state index contributed by atoms with van der Waals surface area (Å²) in [6.45, 7) is 5.73. The van der Waals surface area contributed by atoms with Crippen LogP contribution in [0.25, 0.3) is 0 Å². The monoisotopic (exact) mass is 276 g/mol. The van der Waals surface area contributed by atoms with Crippen LogP contribution in [0, 0.1) is 17.7 Å². The molecule has 3 heteroatoms. The first kappa shape index (κ1) is 14.0. The van der Waals surface area contributed by atoms with Crippen molar-refractivity contribution in [3.8, 4) is 0 Å². The van der Waals surface area contributed by atoms with Gasteiger partial charge >= 0.3 is 0 Å². The Labute approximate surface area is 121 Å². The van der Waals surface area contributed by atoms with Crippen molar-refractivity contribution in [2.45, 2.75) is 32.2 Å². The number of benzene rings is 1. The molecule has 1 saturated carbocycles. The molecule has 0 amide bonds. The number of nitrogens with zero attached hydrogens (tertiary/aromatic N) is 1. The van der Waals surface area contributed by atoms with Crippen LogP contribution in [-0.2, 0) is 6.54 Å². The van der Waals surface area contributed by atoms with Gasteiger partial charge in [0.15, 0.2) is 0 Å². The largest absolute Gasteiger partial charge is 0.317 e. The number of rotatable bonds is 6. The summed E-state index contributed by atoms with van der Waals surface area (Å²) in [4.78, 5) is 2.60. The van der Waals surface area contributed by atoms with Gasteiger partial charge < -0.3 is 5.32 Å². The van der Waals surface area contributed by atoms with Gasteiger partial charge in [-0.05, 0) is 68.3 Å². The summed E-state index contributed by atoms with van der Waals surface area (Å²) < 4.78 is 13.0. The molecule has 0 radical (unpaired) electrons.